The fraction of sp³-hybridized carbons (Fsp3) is 0.355. The van der Waals surface area contributed by atoms with Crippen LogP contribution in [0.3, 0.4) is 0 Å². The Morgan fingerprint density at radius 2 is 1.87 bits per heavy atom. The van der Waals surface area contributed by atoms with E-state index in [0.717, 1.165) is 42.7 Å². The summed E-state index contributed by atoms with van der Waals surface area (Å²) in [5.41, 5.74) is 6.80. The lowest BCUT2D eigenvalue weighted by Crippen LogP contribution is -2.39. The van der Waals surface area contributed by atoms with Crippen LogP contribution in [0.15, 0.2) is 60.9 Å². The van der Waals surface area contributed by atoms with E-state index in [9.17, 15) is 9.90 Å². The van der Waals surface area contributed by atoms with Crippen LogP contribution in [0, 0.1) is 5.82 Å². The molecule has 0 unspecified atom stereocenters. The van der Waals surface area contributed by atoms with Crippen molar-refractivity contribution in [2.24, 2.45) is 0 Å². The first-order chi connectivity index (χ1) is 18.5. The number of β-amino-alcohol motifs (C(OH)–C–C–N with tert-alkyl or cyclic N) is 1. The van der Waals surface area contributed by atoms with Gasteiger partial charge >= 0.3 is 0 Å². The molecule has 1 aliphatic carbocycles. The highest BCUT2D eigenvalue weighted by molar-refractivity contribution is 5.95. The van der Waals surface area contributed by atoms with E-state index >= 15 is 4.39 Å². The molecule has 2 aliphatic heterocycles. The zero-order chi connectivity index (χ0) is 26.0. The van der Waals surface area contributed by atoms with Gasteiger partial charge in [0.05, 0.1) is 23.4 Å². The number of aliphatic hydroxyl groups is 1. The maximum absolute atomic E-state index is 15.3. The molecule has 6 nitrogen and oxygen atoms in total. The van der Waals surface area contributed by atoms with E-state index in [1.807, 2.05) is 44.8 Å². The minimum atomic E-state index is -0.364. The summed E-state index contributed by atoms with van der Waals surface area (Å²) in [7, 11) is 0. The van der Waals surface area contributed by atoms with Crippen LogP contribution in [0.1, 0.15) is 65.2 Å². The molecule has 38 heavy (non-hydrogen) atoms. The molecular weight excluding hydrogens is 479 g/mol. The summed E-state index contributed by atoms with van der Waals surface area (Å²) in [6.07, 6.45) is 7.03. The zero-order valence-electron chi connectivity index (χ0n) is 21.5. The summed E-state index contributed by atoms with van der Waals surface area (Å²) in [6, 6.07) is 15.6. The van der Waals surface area contributed by atoms with Gasteiger partial charge in [-0.05, 0) is 79.5 Å². The van der Waals surface area contributed by atoms with E-state index in [1.54, 1.807) is 6.07 Å². The van der Waals surface area contributed by atoms with Crippen molar-refractivity contribution < 1.29 is 14.3 Å². The van der Waals surface area contributed by atoms with Gasteiger partial charge in [-0.2, -0.15) is 0 Å². The maximum atomic E-state index is 15.3. The molecule has 2 aromatic heterocycles. The highest BCUT2D eigenvalue weighted by atomic mass is 19.1. The number of pyridine rings is 1. The van der Waals surface area contributed by atoms with Crippen LogP contribution >= 0.6 is 0 Å². The number of fused-ring (bicyclic) bond motifs is 2. The number of hydrogen-bond donors (Lipinski definition) is 1. The predicted octanol–water partition coefficient (Wildman–Crippen LogP) is 5.35. The zero-order valence-corrected chi connectivity index (χ0v) is 21.5. The molecule has 0 spiro atoms. The average molecular weight is 511 g/mol. The Labute approximate surface area is 221 Å². The molecule has 194 valence electrons. The first-order valence-corrected chi connectivity index (χ1v) is 13.6. The van der Waals surface area contributed by atoms with Gasteiger partial charge in [-0.1, -0.05) is 24.3 Å². The number of carbonyl (C=O) groups excluding carboxylic acids is 1. The van der Waals surface area contributed by atoms with Gasteiger partial charge in [-0.25, -0.2) is 9.37 Å². The number of aliphatic hydroxyl groups excluding tert-OH is 1. The molecule has 7 heteroatoms. The number of carbonyl (C=O) groups is 1. The van der Waals surface area contributed by atoms with Gasteiger partial charge in [0.2, 0.25) is 0 Å². The Kier molecular flexibility index (Phi) is 5.51. The molecule has 1 N–H and O–H groups in total. The van der Waals surface area contributed by atoms with Crippen LogP contribution in [0.5, 0.6) is 0 Å². The van der Waals surface area contributed by atoms with Crippen LogP contribution in [0.25, 0.3) is 16.9 Å². The third kappa shape index (κ3) is 3.97. The first-order valence-electron chi connectivity index (χ1n) is 13.6. The molecule has 1 amide bonds. The lowest BCUT2D eigenvalue weighted by atomic mass is 9.93. The Balaban J connectivity index is 1.23. The van der Waals surface area contributed by atoms with E-state index in [1.165, 1.54) is 17.2 Å². The standard InChI is InChI=1S/C31H31FN4O2/c1-19-25-5-3-2-4-20(25)10-13-36(19)31(38)22-14-27(21-6-7-21)30-33-29(18-35(30)16-22)26-9-8-23(15-28(26)32)34-12-11-24(37)17-34/h2-5,8-9,14-16,18-19,21,24,37H,6-7,10-13,17H2,1H3/t19-,24+/m1/s1. The lowest BCUT2D eigenvalue weighted by molar-refractivity contribution is 0.0677. The number of benzene rings is 2. The molecule has 4 aromatic rings. The Bertz CT molecular complexity index is 1560. The molecule has 0 radical (unpaired) electrons. The Morgan fingerprint density at radius 1 is 1.03 bits per heavy atom. The SMILES string of the molecule is C[C@@H]1c2ccccc2CCN1C(=O)c1cc(C2CC2)c2nc(-c3ccc(N4CC[C@H](O)C4)cc3F)cn2c1. The smallest absolute Gasteiger partial charge is 0.255 e. The van der Waals surface area contributed by atoms with Crippen LogP contribution in [-0.4, -0.2) is 51.0 Å². The summed E-state index contributed by atoms with van der Waals surface area (Å²) in [5.74, 6) is 0.0700. The van der Waals surface area contributed by atoms with Crippen LogP contribution < -0.4 is 4.90 Å². The topological polar surface area (TPSA) is 61.1 Å². The van der Waals surface area contributed by atoms with E-state index in [2.05, 4.69) is 25.1 Å². The normalized spacial score (nSPS) is 21.2. The number of amides is 1. The van der Waals surface area contributed by atoms with Crippen LogP contribution in [0.4, 0.5) is 10.1 Å². The van der Waals surface area contributed by atoms with Gasteiger partial charge in [0.1, 0.15) is 11.5 Å². The Hall–Kier alpha value is -3.71. The minimum absolute atomic E-state index is 0.00944. The second-order valence-electron chi connectivity index (χ2n) is 11.0. The molecule has 1 saturated carbocycles. The first kappa shape index (κ1) is 23.4. The van der Waals surface area contributed by atoms with Crippen LogP contribution in [0.2, 0.25) is 0 Å². The summed E-state index contributed by atoms with van der Waals surface area (Å²) < 4.78 is 17.2. The molecule has 7 rings (SSSR count). The van der Waals surface area contributed by atoms with Crippen molar-refractivity contribution in [3.63, 3.8) is 0 Å². The number of nitrogens with zero attached hydrogens (tertiary/aromatic N) is 4. The second kappa shape index (κ2) is 8.95. The van der Waals surface area contributed by atoms with Gasteiger partial charge in [0.15, 0.2) is 0 Å². The molecular formula is C31H31FN4O2. The molecule has 1 saturated heterocycles. The van der Waals surface area contributed by atoms with Crippen molar-refractivity contribution in [2.75, 3.05) is 24.5 Å². The number of aromatic nitrogens is 2. The average Bonchev–Trinajstić information content (AvgIpc) is 3.53. The van der Waals surface area contributed by atoms with Crippen molar-refractivity contribution in [1.29, 1.82) is 0 Å². The van der Waals surface area contributed by atoms with Gasteiger partial charge < -0.3 is 19.3 Å². The number of halogens is 1. The van der Waals surface area contributed by atoms with E-state index in [4.69, 9.17) is 4.98 Å². The fourth-order valence-corrected chi connectivity index (χ4v) is 6.17. The van der Waals surface area contributed by atoms with Gasteiger partial charge in [-0.15, -0.1) is 0 Å². The van der Waals surface area contributed by atoms with Crippen molar-refractivity contribution >= 4 is 17.2 Å². The van der Waals surface area contributed by atoms with Crippen molar-refractivity contribution in [2.45, 2.75) is 50.7 Å². The Morgan fingerprint density at radius 3 is 2.63 bits per heavy atom. The summed E-state index contributed by atoms with van der Waals surface area (Å²) in [5, 5.41) is 9.85. The quantitative estimate of drug-likeness (QED) is 0.402. The second-order valence-corrected chi connectivity index (χ2v) is 11.0. The third-order valence-corrected chi connectivity index (χ3v) is 8.46. The number of rotatable bonds is 4. The van der Waals surface area contributed by atoms with Crippen molar-refractivity contribution in [3.8, 4) is 11.3 Å². The van der Waals surface area contributed by atoms with Gasteiger partial charge in [-0.3, -0.25) is 4.79 Å². The number of imidazole rings is 1. The molecule has 2 atom stereocenters. The lowest BCUT2D eigenvalue weighted by Gasteiger charge is -2.35. The highest BCUT2D eigenvalue weighted by Crippen LogP contribution is 2.43. The summed E-state index contributed by atoms with van der Waals surface area (Å²) >= 11 is 0. The number of hydrogen-bond acceptors (Lipinski definition) is 4. The molecule has 2 fully saturated rings. The monoisotopic (exact) mass is 510 g/mol. The molecule has 2 aromatic carbocycles. The van der Waals surface area contributed by atoms with Crippen molar-refractivity contribution in [1.82, 2.24) is 14.3 Å². The van der Waals surface area contributed by atoms with E-state index in [0.29, 0.717) is 42.2 Å². The molecule has 3 aliphatic rings. The largest absolute Gasteiger partial charge is 0.391 e. The van der Waals surface area contributed by atoms with E-state index in [-0.39, 0.29) is 23.9 Å². The van der Waals surface area contributed by atoms with E-state index < -0.39 is 0 Å². The van der Waals surface area contributed by atoms with Gasteiger partial charge in [0, 0.05) is 43.3 Å². The highest BCUT2D eigenvalue weighted by Gasteiger charge is 2.32. The maximum Gasteiger partial charge on any atom is 0.255 e. The molecule has 0 bridgehead atoms. The van der Waals surface area contributed by atoms with Crippen LogP contribution in [-0.2, 0) is 6.42 Å². The van der Waals surface area contributed by atoms with Crippen molar-refractivity contribution in [3.05, 3.63) is 89.0 Å². The van der Waals surface area contributed by atoms with Gasteiger partial charge in [0.25, 0.3) is 5.91 Å². The fourth-order valence-electron chi connectivity index (χ4n) is 6.17. The summed E-state index contributed by atoms with van der Waals surface area (Å²) in [4.78, 5) is 22.6. The third-order valence-electron chi connectivity index (χ3n) is 8.46. The molecule has 4 heterocycles. The minimum Gasteiger partial charge on any atom is -0.391 e. The predicted molar refractivity (Wildman–Crippen MR) is 145 cm³/mol. The number of anilines is 1. The summed E-state index contributed by atoms with van der Waals surface area (Å²) in [6.45, 7) is 4.03.